The Hall–Kier alpha value is -7.24. The average Bonchev–Trinajstić information content (AvgIpc) is 3.58. The van der Waals surface area contributed by atoms with Gasteiger partial charge in [0.1, 0.15) is 22.7 Å². The van der Waals surface area contributed by atoms with Crippen LogP contribution < -0.4 is 30.9 Å². The highest BCUT2D eigenvalue weighted by Crippen LogP contribution is 2.44. The molecule has 5 heteroatoms. The van der Waals surface area contributed by atoms with Crippen LogP contribution in [0.1, 0.15) is 0 Å². The fraction of sp³-hybridized carbons (Fsp3) is 0. The van der Waals surface area contributed by atoms with E-state index in [0.29, 0.717) is 0 Å². The first-order valence-corrected chi connectivity index (χ1v) is 18.8. The van der Waals surface area contributed by atoms with Gasteiger partial charge < -0.3 is 19.0 Å². The van der Waals surface area contributed by atoms with Crippen LogP contribution in [0.4, 0.5) is 34.1 Å². The van der Waals surface area contributed by atoms with Gasteiger partial charge in [0.15, 0.2) is 0 Å². The van der Waals surface area contributed by atoms with Crippen molar-refractivity contribution in [3.8, 4) is 11.5 Å². The molecule has 2 aliphatic rings. The molecular weight excluding hydrogens is 671 g/mol. The summed E-state index contributed by atoms with van der Waals surface area (Å²) in [5, 5.41) is 6.81. The number of para-hydroxylation sites is 3. The van der Waals surface area contributed by atoms with Crippen molar-refractivity contribution in [3.05, 3.63) is 188 Å². The van der Waals surface area contributed by atoms with Crippen molar-refractivity contribution in [2.45, 2.75) is 0 Å². The van der Waals surface area contributed by atoms with E-state index in [9.17, 15) is 0 Å². The molecular formula is C50H31BN2O2. The Morgan fingerprint density at radius 2 is 1.16 bits per heavy atom. The Balaban J connectivity index is 1.02. The summed E-state index contributed by atoms with van der Waals surface area (Å²) in [6, 6.07) is 67.1. The molecule has 12 rings (SSSR count). The molecule has 0 atom stereocenters. The predicted molar refractivity (Wildman–Crippen MR) is 229 cm³/mol. The number of hydrogen-bond acceptors (Lipinski definition) is 4. The number of anilines is 6. The van der Waals surface area contributed by atoms with Gasteiger partial charge in [-0.15, -0.1) is 0 Å². The summed E-state index contributed by atoms with van der Waals surface area (Å²) < 4.78 is 13.6. The third kappa shape index (κ3) is 4.53. The normalized spacial score (nSPS) is 12.8. The largest absolute Gasteiger partial charge is 0.458 e. The third-order valence-corrected chi connectivity index (χ3v) is 11.4. The number of rotatable bonds is 4. The maximum atomic E-state index is 6.82. The van der Waals surface area contributed by atoms with E-state index in [1.807, 2.05) is 0 Å². The van der Waals surface area contributed by atoms with E-state index in [4.69, 9.17) is 9.15 Å². The van der Waals surface area contributed by atoms with E-state index in [2.05, 4.69) is 198 Å². The van der Waals surface area contributed by atoms with Crippen LogP contribution in [0.3, 0.4) is 0 Å². The lowest BCUT2D eigenvalue weighted by molar-refractivity contribution is 0.488. The van der Waals surface area contributed by atoms with Gasteiger partial charge >= 0.3 is 0 Å². The van der Waals surface area contributed by atoms with Crippen LogP contribution in [-0.4, -0.2) is 6.71 Å². The summed E-state index contributed by atoms with van der Waals surface area (Å²) in [6.07, 6.45) is 0. The van der Waals surface area contributed by atoms with Crippen LogP contribution in [0.5, 0.6) is 11.5 Å². The molecule has 256 valence electrons. The van der Waals surface area contributed by atoms with Gasteiger partial charge in [-0.05, 0) is 117 Å². The second-order valence-corrected chi connectivity index (χ2v) is 14.5. The zero-order valence-corrected chi connectivity index (χ0v) is 29.7. The molecule has 0 saturated heterocycles. The minimum Gasteiger partial charge on any atom is -0.458 e. The quantitative estimate of drug-likeness (QED) is 0.171. The second kappa shape index (κ2) is 11.6. The maximum absolute atomic E-state index is 6.82. The molecule has 3 heterocycles. The molecule has 0 bridgehead atoms. The summed E-state index contributed by atoms with van der Waals surface area (Å²) in [5.74, 6) is 1.77. The van der Waals surface area contributed by atoms with Gasteiger partial charge in [0, 0.05) is 44.6 Å². The summed E-state index contributed by atoms with van der Waals surface area (Å²) in [5.41, 5.74) is 12.0. The van der Waals surface area contributed by atoms with Gasteiger partial charge in [-0.3, -0.25) is 0 Å². The van der Waals surface area contributed by atoms with E-state index in [1.54, 1.807) is 0 Å². The smallest absolute Gasteiger partial charge is 0.256 e. The van der Waals surface area contributed by atoms with Crippen molar-refractivity contribution >= 4 is 101 Å². The highest BCUT2D eigenvalue weighted by atomic mass is 16.5. The topological polar surface area (TPSA) is 28.9 Å². The molecule has 1 aromatic heterocycles. The second-order valence-electron chi connectivity index (χ2n) is 14.5. The average molecular weight is 703 g/mol. The van der Waals surface area contributed by atoms with Crippen molar-refractivity contribution in [2.24, 2.45) is 0 Å². The lowest BCUT2D eigenvalue weighted by Crippen LogP contribution is -2.59. The highest BCUT2D eigenvalue weighted by Gasteiger charge is 2.42. The molecule has 2 aliphatic heterocycles. The fourth-order valence-electron chi connectivity index (χ4n) is 9.03. The zero-order valence-electron chi connectivity index (χ0n) is 29.7. The molecule has 0 spiro atoms. The summed E-state index contributed by atoms with van der Waals surface area (Å²) in [6.45, 7) is 0.00314. The summed E-state index contributed by atoms with van der Waals surface area (Å²) in [7, 11) is 0. The van der Waals surface area contributed by atoms with Crippen molar-refractivity contribution in [2.75, 3.05) is 9.80 Å². The molecule has 0 radical (unpaired) electrons. The molecule has 0 amide bonds. The van der Waals surface area contributed by atoms with Crippen LogP contribution in [0.2, 0.25) is 0 Å². The maximum Gasteiger partial charge on any atom is 0.256 e. The third-order valence-electron chi connectivity index (χ3n) is 11.4. The first-order valence-electron chi connectivity index (χ1n) is 18.8. The molecule has 55 heavy (non-hydrogen) atoms. The summed E-state index contributed by atoms with van der Waals surface area (Å²) >= 11 is 0. The molecule has 9 aromatic carbocycles. The van der Waals surface area contributed by atoms with Crippen LogP contribution in [0.15, 0.2) is 192 Å². The molecule has 10 aromatic rings. The number of ether oxygens (including phenoxy) is 1. The monoisotopic (exact) mass is 702 g/mol. The minimum absolute atomic E-state index is 0.00314. The lowest BCUT2D eigenvalue weighted by Gasteiger charge is -2.39. The number of furan rings is 1. The Morgan fingerprint density at radius 3 is 2.07 bits per heavy atom. The Labute approximate surface area is 318 Å². The van der Waals surface area contributed by atoms with Gasteiger partial charge in [0.05, 0.1) is 5.69 Å². The van der Waals surface area contributed by atoms with E-state index >= 15 is 0 Å². The zero-order chi connectivity index (χ0) is 36.0. The highest BCUT2D eigenvalue weighted by molar-refractivity contribution is 6.99. The van der Waals surface area contributed by atoms with Crippen LogP contribution >= 0.6 is 0 Å². The van der Waals surface area contributed by atoms with Crippen molar-refractivity contribution in [1.82, 2.24) is 0 Å². The van der Waals surface area contributed by atoms with Crippen LogP contribution in [-0.2, 0) is 0 Å². The molecule has 0 unspecified atom stereocenters. The van der Waals surface area contributed by atoms with Gasteiger partial charge in [0.25, 0.3) is 6.71 Å². The molecule has 0 saturated carbocycles. The van der Waals surface area contributed by atoms with Gasteiger partial charge in [-0.1, -0.05) is 103 Å². The SMILES string of the molecule is c1ccc(N2c3ccccc3B3c4cc5oc6cc7cc(N(c8ccccc8)c8cccc9ccccc89)ccc7cc6c5cc4Oc4cccc2c43)cc1. The van der Waals surface area contributed by atoms with Crippen LogP contribution in [0, 0.1) is 0 Å². The van der Waals surface area contributed by atoms with Crippen molar-refractivity contribution in [1.29, 1.82) is 0 Å². The lowest BCUT2D eigenvalue weighted by atomic mass is 9.34. The molecule has 4 nitrogen and oxygen atoms in total. The van der Waals surface area contributed by atoms with E-state index in [0.717, 1.165) is 78.1 Å². The van der Waals surface area contributed by atoms with Gasteiger partial charge in [0.2, 0.25) is 0 Å². The van der Waals surface area contributed by atoms with E-state index in [-0.39, 0.29) is 6.71 Å². The Morgan fingerprint density at radius 1 is 0.436 bits per heavy atom. The molecule has 0 aliphatic carbocycles. The number of nitrogens with zero attached hydrogens (tertiary/aromatic N) is 2. The molecule has 0 fully saturated rings. The Bertz CT molecular complexity index is 3150. The first kappa shape index (κ1) is 30.2. The predicted octanol–water partition coefficient (Wildman–Crippen LogP) is 11.8. The van der Waals surface area contributed by atoms with Crippen molar-refractivity contribution in [3.63, 3.8) is 0 Å². The van der Waals surface area contributed by atoms with Gasteiger partial charge in [-0.2, -0.15) is 0 Å². The van der Waals surface area contributed by atoms with Gasteiger partial charge in [-0.25, -0.2) is 0 Å². The Kier molecular flexibility index (Phi) is 6.40. The van der Waals surface area contributed by atoms with E-state index < -0.39 is 0 Å². The van der Waals surface area contributed by atoms with Crippen LogP contribution in [0.25, 0.3) is 43.5 Å². The number of fused-ring (bicyclic) bond motifs is 9. The minimum atomic E-state index is 0.00314. The first-order chi connectivity index (χ1) is 27.3. The fourth-order valence-corrected chi connectivity index (χ4v) is 9.03. The van der Waals surface area contributed by atoms with E-state index in [1.165, 1.54) is 27.4 Å². The summed E-state index contributed by atoms with van der Waals surface area (Å²) in [4.78, 5) is 4.71. The number of benzene rings is 9. The van der Waals surface area contributed by atoms with Crippen molar-refractivity contribution < 1.29 is 9.15 Å². The number of hydrogen-bond donors (Lipinski definition) is 0. The standard InChI is InChI=1S/C50H31BN2O2/c1-3-15-35(16-4-1)52(43-22-11-14-32-13-7-8-19-38(32)43)37-26-25-33-28-39-40-30-49-42(31-48(40)55-47(39)29-34(33)27-37)51-41-20-9-10-21-44(41)53(36-17-5-2-6-18-36)45-23-12-24-46(54-49)50(45)51/h1-31H. The molecule has 0 N–H and O–H groups in total.